The van der Waals surface area contributed by atoms with E-state index in [1.54, 1.807) is 0 Å². The number of amides is 1. The number of aryl methyl sites for hydroxylation is 1. The van der Waals surface area contributed by atoms with E-state index in [9.17, 15) is 4.79 Å². The maximum absolute atomic E-state index is 12.8. The molecule has 4 nitrogen and oxygen atoms in total. The van der Waals surface area contributed by atoms with Crippen LogP contribution in [0.25, 0.3) is 0 Å². The number of rotatable bonds is 4. The van der Waals surface area contributed by atoms with Gasteiger partial charge >= 0.3 is 0 Å². The lowest BCUT2D eigenvalue weighted by Gasteiger charge is -2.30. The molecule has 1 aromatic heterocycles. The molecule has 1 saturated carbocycles. The molecule has 1 aliphatic heterocycles. The van der Waals surface area contributed by atoms with E-state index in [1.165, 1.54) is 25.7 Å². The first-order valence-corrected chi connectivity index (χ1v) is 7.81. The normalized spacial score (nSPS) is 20.1. The van der Waals surface area contributed by atoms with Gasteiger partial charge in [0.05, 0.1) is 0 Å². The lowest BCUT2D eigenvalue weighted by atomic mass is 9.97. The van der Waals surface area contributed by atoms with E-state index in [0.717, 1.165) is 31.0 Å². The number of aromatic nitrogens is 1. The molecule has 1 aliphatic carbocycles. The van der Waals surface area contributed by atoms with Gasteiger partial charge < -0.3 is 14.8 Å². The molecule has 0 radical (unpaired) electrons. The van der Waals surface area contributed by atoms with Gasteiger partial charge in [-0.2, -0.15) is 0 Å². The highest BCUT2D eigenvalue weighted by molar-refractivity contribution is 5.93. The molecule has 0 unspecified atom stereocenters. The summed E-state index contributed by atoms with van der Waals surface area (Å²) in [4.78, 5) is 15.0. The molecular weight excluding hydrogens is 250 g/mol. The van der Waals surface area contributed by atoms with E-state index in [4.69, 9.17) is 0 Å². The first-order chi connectivity index (χ1) is 9.66. The van der Waals surface area contributed by atoms with Crippen LogP contribution >= 0.6 is 0 Å². The van der Waals surface area contributed by atoms with Crippen molar-refractivity contribution >= 4 is 5.91 Å². The summed E-state index contributed by atoms with van der Waals surface area (Å²) >= 11 is 0. The quantitative estimate of drug-likeness (QED) is 0.912. The molecule has 1 N–H and O–H groups in total. The Balaban J connectivity index is 1.73. The number of carbonyl (C=O) groups is 1. The average molecular weight is 275 g/mol. The van der Waals surface area contributed by atoms with Crippen LogP contribution in [-0.4, -0.2) is 41.1 Å². The topological polar surface area (TPSA) is 37.3 Å². The van der Waals surface area contributed by atoms with Crippen LogP contribution in [0.15, 0.2) is 12.1 Å². The van der Waals surface area contributed by atoms with Crippen molar-refractivity contribution in [2.45, 2.75) is 38.6 Å². The zero-order valence-electron chi connectivity index (χ0n) is 12.6. The van der Waals surface area contributed by atoms with Crippen LogP contribution in [0.3, 0.4) is 0 Å². The van der Waals surface area contributed by atoms with Gasteiger partial charge in [0.1, 0.15) is 5.69 Å². The van der Waals surface area contributed by atoms with Crippen molar-refractivity contribution in [2.24, 2.45) is 13.0 Å². The largest absolute Gasteiger partial charge is 0.344 e. The number of piperidine rings is 1. The summed E-state index contributed by atoms with van der Waals surface area (Å²) in [5.74, 6) is 0.892. The van der Waals surface area contributed by atoms with Crippen molar-refractivity contribution in [2.75, 3.05) is 19.6 Å². The van der Waals surface area contributed by atoms with Crippen molar-refractivity contribution in [1.82, 2.24) is 14.8 Å². The van der Waals surface area contributed by atoms with Gasteiger partial charge in [0.25, 0.3) is 5.91 Å². The second-order valence-electron chi connectivity index (χ2n) is 6.30. The number of nitrogens with zero attached hydrogens (tertiary/aromatic N) is 2. The highest BCUT2D eigenvalue weighted by atomic mass is 16.2. The summed E-state index contributed by atoms with van der Waals surface area (Å²) in [5.41, 5.74) is 1.98. The zero-order valence-corrected chi connectivity index (χ0v) is 12.6. The zero-order chi connectivity index (χ0) is 14.1. The number of hydrogen-bond acceptors (Lipinski definition) is 2. The van der Waals surface area contributed by atoms with E-state index in [1.807, 2.05) is 30.7 Å². The van der Waals surface area contributed by atoms with Crippen LogP contribution < -0.4 is 5.32 Å². The Kier molecular flexibility index (Phi) is 3.83. The third kappa shape index (κ3) is 2.75. The Morgan fingerprint density at radius 3 is 2.55 bits per heavy atom. The molecule has 2 heterocycles. The van der Waals surface area contributed by atoms with Crippen LogP contribution in [0.2, 0.25) is 0 Å². The molecular formula is C16H25N3O. The Morgan fingerprint density at radius 1 is 1.30 bits per heavy atom. The molecule has 0 aromatic carbocycles. The molecule has 0 atom stereocenters. The van der Waals surface area contributed by atoms with Crippen molar-refractivity contribution in [3.63, 3.8) is 0 Å². The van der Waals surface area contributed by atoms with Crippen molar-refractivity contribution in [1.29, 1.82) is 0 Å². The predicted octanol–water partition coefficient (Wildman–Crippen LogP) is 1.94. The molecule has 0 bridgehead atoms. The maximum Gasteiger partial charge on any atom is 0.270 e. The number of hydrogen-bond donors (Lipinski definition) is 1. The first-order valence-electron chi connectivity index (χ1n) is 7.81. The van der Waals surface area contributed by atoms with E-state index < -0.39 is 0 Å². The second-order valence-corrected chi connectivity index (χ2v) is 6.30. The molecule has 3 rings (SSSR count). The van der Waals surface area contributed by atoms with E-state index >= 15 is 0 Å². The van der Waals surface area contributed by atoms with Gasteiger partial charge in [-0.15, -0.1) is 0 Å². The van der Waals surface area contributed by atoms with Crippen LogP contribution in [0.4, 0.5) is 0 Å². The van der Waals surface area contributed by atoms with E-state index in [0.29, 0.717) is 12.0 Å². The highest BCUT2D eigenvalue weighted by Crippen LogP contribution is 2.30. The molecule has 2 fully saturated rings. The minimum atomic E-state index is 0.224. The summed E-state index contributed by atoms with van der Waals surface area (Å²) in [6, 6.07) is 4.49. The highest BCUT2D eigenvalue weighted by Gasteiger charge is 2.35. The monoisotopic (exact) mass is 275 g/mol. The second kappa shape index (κ2) is 5.60. The minimum Gasteiger partial charge on any atom is -0.344 e. The van der Waals surface area contributed by atoms with Crippen molar-refractivity contribution < 1.29 is 4.79 Å². The molecule has 1 aromatic rings. The summed E-state index contributed by atoms with van der Waals surface area (Å²) in [6.45, 7) is 5.18. The maximum atomic E-state index is 12.8. The third-order valence-corrected chi connectivity index (χ3v) is 4.75. The third-order valence-electron chi connectivity index (χ3n) is 4.75. The lowest BCUT2D eigenvalue weighted by molar-refractivity contribution is 0.0691. The molecule has 1 amide bonds. The Bertz CT molecular complexity index is 484. The van der Waals surface area contributed by atoms with Gasteiger partial charge in [0.15, 0.2) is 0 Å². The molecule has 20 heavy (non-hydrogen) atoms. The minimum absolute atomic E-state index is 0.224. The fraction of sp³-hybridized carbons (Fsp3) is 0.688. The molecule has 0 spiro atoms. The summed E-state index contributed by atoms with van der Waals surface area (Å²) in [6.07, 6.45) is 4.76. The smallest absolute Gasteiger partial charge is 0.270 e. The predicted molar refractivity (Wildman–Crippen MR) is 79.8 cm³/mol. The van der Waals surface area contributed by atoms with Crippen LogP contribution in [0.5, 0.6) is 0 Å². The van der Waals surface area contributed by atoms with Crippen LogP contribution in [0.1, 0.15) is 41.9 Å². The van der Waals surface area contributed by atoms with Gasteiger partial charge in [0.2, 0.25) is 0 Å². The average Bonchev–Trinajstić information content (AvgIpc) is 3.25. The van der Waals surface area contributed by atoms with Crippen molar-refractivity contribution in [3.05, 3.63) is 23.5 Å². The Hall–Kier alpha value is -1.29. The van der Waals surface area contributed by atoms with Gasteiger partial charge in [-0.25, -0.2) is 0 Å². The SMILES string of the molecule is Cc1ccc(C(=O)N(CC2CCNCC2)C2CC2)n1C. The van der Waals surface area contributed by atoms with Gasteiger partial charge in [-0.3, -0.25) is 4.79 Å². The summed E-state index contributed by atoms with van der Waals surface area (Å²) < 4.78 is 2.01. The van der Waals surface area contributed by atoms with Gasteiger partial charge in [-0.05, 0) is 63.7 Å². The van der Waals surface area contributed by atoms with Crippen LogP contribution in [-0.2, 0) is 7.05 Å². The fourth-order valence-electron chi connectivity index (χ4n) is 3.10. The van der Waals surface area contributed by atoms with E-state index in [-0.39, 0.29) is 5.91 Å². The molecule has 4 heteroatoms. The van der Waals surface area contributed by atoms with Crippen LogP contribution in [0, 0.1) is 12.8 Å². The Labute approximate surface area is 121 Å². The van der Waals surface area contributed by atoms with Gasteiger partial charge in [0, 0.05) is 25.3 Å². The number of nitrogens with one attached hydrogen (secondary N) is 1. The first kappa shape index (κ1) is 13.7. The van der Waals surface area contributed by atoms with E-state index in [2.05, 4.69) is 10.2 Å². The fourth-order valence-corrected chi connectivity index (χ4v) is 3.10. The summed E-state index contributed by atoms with van der Waals surface area (Å²) in [7, 11) is 1.98. The van der Waals surface area contributed by atoms with Crippen molar-refractivity contribution in [3.8, 4) is 0 Å². The number of carbonyl (C=O) groups excluding carboxylic acids is 1. The summed E-state index contributed by atoms with van der Waals surface area (Å²) in [5, 5.41) is 3.40. The Morgan fingerprint density at radius 2 is 2.00 bits per heavy atom. The molecule has 2 aliphatic rings. The molecule has 110 valence electrons. The lowest BCUT2D eigenvalue weighted by Crippen LogP contribution is -2.41. The van der Waals surface area contributed by atoms with Gasteiger partial charge in [-0.1, -0.05) is 0 Å². The molecule has 1 saturated heterocycles. The standard InChI is InChI=1S/C16H25N3O/c1-12-3-6-15(18(12)2)16(20)19(14-4-5-14)11-13-7-9-17-10-8-13/h3,6,13-14,17H,4-5,7-11H2,1-2H3.